The van der Waals surface area contributed by atoms with Crippen molar-refractivity contribution in [3.63, 3.8) is 0 Å². The van der Waals surface area contributed by atoms with Crippen molar-refractivity contribution in [3.05, 3.63) is 35.4 Å². The van der Waals surface area contributed by atoms with Gasteiger partial charge in [0, 0.05) is 30.7 Å². The van der Waals surface area contributed by atoms with E-state index in [1.165, 1.54) is 31.0 Å². The van der Waals surface area contributed by atoms with E-state index >= 15 is 0 Å². The first-order valence-electron chi connectivity index (χ1n) is 8.06. The van der Waals surface area contributed by atoms with Crippen molar-refractivity contribution in [2.45, 2.75) is 44.7 Å². The number of piperidine rings is 1. The predicted octanol–water partition coefficient (Wildman–Crippen LogP) is 3.91. The van der Waals surface area contributed by atoms with Gasteiger partial charge in [0.05, 0.1) is 0 Å². The third kappa shape index (κ3) is 4.40. The lowest BCUT2D eigenvalue weighted by atomic mass is 9.99. The molecule has 1 aromatic carbocycles. The molecule has 0 aromatic heterocycles. The second-order valence-corrected chi connectivity index (χ2v) is 6.50. The van der Waals surface area contributed by atoms with Crippen LogP contribution in [-0.2, 0) is 0 Å². The molecule has 1 aliphatic heterocycles. The highest BCUT2D eigenvalue weighted by Gasteiger charge is 2.27. The molecule has 0 spiro atoms. The lowest BCUT2D eigenvalue weighted by Crippen LogP contribution is -2.44. The van der Waals surface area contributed by atoms with Crippen LogP contribution < -0.4 is 5.32 Å². The summed E-state index contributed by atoms with van der Waals surface area (Å²) in [6.45, 7) is 5.01. The first-order chi connectivity index (χ1) is 10.1. The molecule has 1 unspecified atom stereocenters. The van der Waals surface area contributed by atoms with Gasteiger partial charge in [0.25, 0.3) is 0 Å². The van der Waals surface area contributed by atoms with E-state index in [0.29, 0.717) is 11.6 Å². The Morgan fingerprint density at radius 1 is 1.18 bits per heavy atom. The highest BCUT2D eigenvalue weighted by atomic mass is 35.5. The molecular weight excluding hydrogens is 306 g/mol. The average molecular weight is 331 g/mol. The normalized spacial score (nSPS) is 21.4. The van der Waals surface area contributed by atoms with Gasteiger partial charge >= 0.3 is 0 Å². The first-order valence-corrected chi connectivity index (χ1v) is 8.06. The molecular formula is C17H25ClF2N2. The van der Waals surface area contributed by atoms with Crippen LogP contribution in [0, 0.1) is 17.6 Å². The third-order valence-corrected chi connectivity index (χ3v) is 4.88. The van der Waals surface area contributed by atoms with Crippen molar-refractivity contribution < 1.29 is 8.78 Å². The number of likely N-dealkylation sites (tertiary alicyclic amines) is 1. The number of nitrogens with zero attached hydrogens (tertiary/aromatic N) is 1. The fourth-order valence-electron chi connectivity index (χ4n) is 3.18. The summed E-state index contributed by atoms with van der Waals surface area (Å²) in [5, 5.41) is 3.64. The van der Waals surface area contributed by atoms with E-state index in [4.69, 9.17) is 0 Å². The zero-order valence-corrected chi connectivity index (χ0v) is 13.8. The van der Waals surface area contributed by atoms with Gasteiger partial charge in [-0.15, -0.1) is 12.4 Å². The molecule has 22 heavy (non-hydrogen) atoms. The maximum Gasteiger partial charge on any atom is 0.128 e. The predicted molar refractivity (Wildman–Crippen MR) is 87.3 cm³/mol. The first kappa shape index (κ1) is 17.6. The van der Waals surface area contributed by atoms with Crippen LogP contribution in [-0.4, -0.2) is 30.6 Å². The number of hydrogen-bond donors (Lipinski definition) is 1. The van der Waals surface area contributed by atoms with Crippen molar-refractivity contribution in [3.8, 4) is 0 Å². The molecule has 124 valence electrons. The summed E-state index contributed by atoms with van der Waals surface area (Å²) in [5.41, 5.74) is 0.472. The van der Waals surface area contributed by atoms with Gasteiger partial charge < -0.3 is 5.32 Å². The van der Waals surface area contributed by atoms with Crippen molar-refractivity contribution in [2.24, 2.45) is 5.92 Å². The van der Waals surface area contributed by atoms with Crippen molar-refractivity contribution in [1.82, 2.24) is 10.2 Å². The van der Waals surface area contributed by atoms with E-state index < -0.39 is 0 Å². The Morgan fingerprint density at radius 2 is 1.86 bits per heavy atom. The Labute approximate surface area is 137 Å². The van der Waals surface area contributed by atoms with E-state index in [1.807, 2.05) is 6.92 Å². The smallest absolute Gasteiger partial charge is 0.128 e. The SMILES string of the molecule is CC(c1cc(F)ccc1F)N1CCC(NCC2CC2)CC1.Cl. The van der Waals surface area contributed by atoms with Crippen LogP contribution in [0.4, 0.5) is 8.78 Å². The summed E-state index contributed by atoms with van der Waals surface area (Å²) in [7, 11) is 0. The number of rotatable bonds is 5. The lowest BCUT2D eigenvalue weighted by Gasteiger charge is -2.36. The largest absolute Gasteiger partial charge is 0.314 e. The Morgan fingerprint density at radius 3 is 2.50 bits per heavy atom. The topological polar surface area (TPSA) is 15.3 Å². The highest BCUT2D eigenvalue weighted by molar-refractivity contribution is 5.85. The molecule has 2 aliphatic rings. The van der Waals surface area contributed by atoms with E-state index in [0.717, 1.165) is 38.4 Å². The van der Waals surface area contributed by atoms with Gasteiger partial charge in [-0.25, -0.2) is 8.78 Å². The Hall–Kier alpha value is -0.710. The third-order valence-electron chi connectivity index (χ3n) is 4.88. The summed E-state index contributed by atoms with van der Waals surface area (Å²) in [6.07, 6.45) is 4.94. The Bertz CT molecular complexity index is 486. The van der Waals surface area contributed by atoms with Gasteiger partial charge in [-0.1, -0.05) is 0 Å². The standard InChI is InChI=1S/C17H24F2N2.ClH/c1-12(16-10-14(18)4-5-17(16)19)21-8-6-15(7-9-21)20-11-13-2-3-13;/h4-5,10,12-13,15,20H,2-3,6-9,11H2,1H3;1H. The minimum Gasteiger partial charge on any atom is -0.314 e. The quantitative estimate of drug-likeness (QED) is 0.880. The summed E-state index contributed by atoms with van der Waals surface area (Å²) < 4.78 is 27.2. The van der Waals surface area contributed by atoms with Gasteiger partial charge in [-0.05, 0) is 63.3 Å². The van der Waals surface area contributed by atoms with E-state index in [9.17, 15) is 8.78 Å². The molecule has 1 atom stereocenters. The number of nitrogens with one attached hydrogen (secondary N) is 1. The van der Waals surface area contributed by atoms with Crippen LogP contribution in [0.1, 0.15) is 44.2 Å². The maximum absolute atomic E-state index is 13.9. The van der Waals surface area contributed by atoms with Crippen LogP contribution in [0.5, 0.6) is 0 Å². The van der Waals surface area contributed by atoms with Crippen LogP contribution in [0.15, 0.2) is 18.2 Å². The lowest BCUT2D eigenvalue weighted by molar-refractivity contribution is 0.149. The van der Waals surface area contributed by atoms with Gasteiger partial charge in [-0.2, -0.15) is 0 Å². The number of benzene rings is 1. The minimum absolute atomic E-state index is 0. The van der Waals surface area contributed by atoms with Crippen molar-refractivity contribution in [1.29, 1.82) is 0 Å². The molecule has 3 rings (SSSR count). The molecule has 1 N–H and O–H groups in total. The van der Waals surface area contributed by atoms with Gasteiger partial charge in [0.2, 0.25) is 0 Å². The molecule has 1 aromatic rings. The molecule has 5 heteroatoms. The summed E-state index contributed by atoms with van der Waals surface area (Å²) in [5.74, 6) is 0.237. The van der Waals surface area contributed by atoms with Gasteiger partial charge in [0.1, 0.15) is 11.6 Å². The summed E-state index contributed by atoms with van der Waals surface area (Å²) in [6, 6.07) is 4.26. The molecule has 2 nitrogen and oxygen atoms in total. The second-order valence-electron chi connectivity index (χ2n) is 6.50. The monoisotopic (exact) mass is 330 g/mol. The zero-order valence-electron chi connectivity index (χ0n) is 13.0. The zero-order chi connectivity index (χ0) is 14.8. The molecule has 1 saturated carbocycles. The van der Waals surface area contributed by atoms with Crippen LogP contribution in [0.25, 0.3) is 0 Å². The molecule has 0 radical (unpaired) electrons. The van der Waals surface area contributed by atoms with Crippen molar-refractivity contribution in [2.75, 3.05) is 19.6 Å². The fourth-order valence-corrected chi connectivity index (χ4v) is 3.18. The van der Waals surface area contributed by atoms with Crippen molar-refractivity contribution >= 4 is 12.4 Å². The van der Waals surface area contributed by atoms with E-state index in [-0.39, 0.29) is 30.1 Å². The minimum atomic E-state index is -0.362. The highest BCUT2D eigenvalue weighted by Crippen LogP contribution is 2.29. The molecule has 1 saturated heterocycles. The van der Waals surface area contributed by atoms with Crippen LogP contribution in [0.2, 0.25) is 0 Å². The van der Waals surface area contributed by atoms with Crippen LogP contribution in [0.3, 0.4) is 0 Å². The summed E-state index contributed by atoms with van der Waals surface area (Å²) in [4.78, 5) is 2.26. The van der Waals surface area contributed by atoms with E-state index in [1.54, 1.807) is 0 Å². The molecule has 1 heterocycles. The van der Waals surface area contributed by atoms with E-state index in [2.05, 4.69) is 10.2 Å². The molecule has 0 amide bonds. The van der Waals surface area contributed by atoms with Gasteiger partial charge in [0.15, 0.2) is 0 Å². The second kappa shape index (κ2) is 7.71. The maximum atomic E-state index is 13.9. The fraction of sp³-hybridized carbons (Fsp3) is 0.647. The number of halogens is 3. The summed E-state index contributed by atoms with van der Waals surface area (Å²) >= 11 is 0. The molecule has 0 bridgehead atoms. The number of hydrogen-bond acceptors (Lipinski definition) is 2. The van der Waals surface area contributed by atoms with Crippen LogP contribution >= 0.6 is 12.4 Å². The molecule has 2 fully saturated rings. The molecule has 1 aliphatic carbocycles. The average Bonchev–Trinajstić information content (AvgIpc) is 3.32. The Balaban J connectivity index is 0.00000176. The van der Waals surface area contributed by atoms with Gasteiger partial charge in [-0.3, -0.25) is 4.90 Å². The Kier molecular flexibility index (Phi) is 6.18.